The fraction of sp³-hybridized carbons (Fsp3) is 0.158. The molecule has 0 saturated heterocycles. The van der Waals surface area contributed by atoms with Crippen molar-refractivity contribution in [1.82, 2.24) is 10.1 Å². The third-order valence-electron chi connectivity index (χ3n) is 3.62. The third kappa shape index (κ3) is 3.80. The Kier molecular flexibility index (Phi) is 4.99. The van der Waals surface area contributed by atoms with Crippen molar-refractivity contribution in [3.05, 3.63) is 53.9 Å². The first-order valence-corrected chi connectivity index (χ1v) is 7.61. The summed E-state index contributed by atoms with van der Waals surface area (Å²) in [6.45, 7) is 0. The topological polar surface area (TPSA) is 66.6 Å². The highest BCUT2D eigenvalue weighted by Crippen LogP contribution is 2.28. The first-order valence-electron chi connectivity index (χ1n) is 7.61. The van der Waals surface area contributed by atoms with Crippen molar-refractivity contribution in [2.24, 2.45) is 0 Å². The Bertz CT molecular complexity index is 869. The molecule has 0 unspecified atom stereocenters. The van der Waals surface area contributed by atoms with Crippen LogP contribution in [0.15, 0.2) is 47.0 Å². The van der Waals surface area contributed by atoms with Gasteiger partial charge in [0.1, 0.15) is 5.75 Å². The van der Waals surface area contributed by atoms with Gasteiger partial charge in [-0.1, -0.05) is 11.2 Å². The van der Waals surface area contributed by atoms with Crippen LogP contribution in [0.5, 0.6) is 17.2 Å². The van der Waals surface area contributed by atoms with E-state index < -0.39 is 0 Å². The Hall–Kier alpha value is -3.28. The normalized spacial score (nSPS) is 10.8. The van der Waals surface area contributed by atoms with Gasteiger partial charge < -0.3 is 18.7 Å². The number of rotatable bonds is 6. The zero-order valence-corrected chi connectivity index (χ0v) is 14.2. The quantitative estimate of drug-likeness (QED) is 0.678. The lowest BCUT2D eigenvalue weighted by molar-refractivity contribution is 0.355. The fourth-order valence-electron chi connectivity index (χ4n) is 2.28. The molecule has 0 bridgehead atoms. The minimum atomic E-state index is 0.417. The molecule has 0 aliphatic rings. The number of ether oxygens (including phenoxy) is 3. The van der Waals surface area contributed by atoms with Crippen molar-refractivity contribution in [3.63, 3.8) is 0 Å². The van der Waals surface area contributed by atoms with Crippen molar-refractivity contribution in [2.75, 3.05) is 21.3 Å². The maximum atomic E-state index is 5.29. The summed E-state index contributed by atoms with van der Waals surface area (Å²) in [5.41, 5.74) is 1.79. The van der Waals surface area contributed by atoms with Gasteiger partial charge in [-0.3, -0.25) is 0 Å². The molecule has 6 heteroatoms. The summed E-state index contributed by atoms with van der Waals surface area (Å²) in [6.07, 6.45) is 3.62. The summed E-state index contributed by atoms with van der Waals surface area (Å²) in [6, 6.07) is 13.1. The summed E-state index contributed by atoms with van der Waals surface area (Å²) in [4.78, 5) is 4.37. The Morgan fingerprint density at radius 2 is 1.60 bits per heavy atom. The van der Waals surface area contributed by atoms with Crippen LogP contribution in [0.1, 0.15) is 11.5 Å². The van der Waals surface area contributed by atoms with Crippen LogP contribution in [0.2, 0.25) is 0 Å². The molecule has 0 aliphatic carbocycles. The van der Waals surface area contributed by atoms with Gasteiger partial charge in [0.05, 0.1) is 21.3 Å². The molecular weight excluding hydrogens is 320 g/mol. The van der Waals surface area contributed by atoms with Gasteiger partial charge in [0, 0.05) is 11.6 Å². The first kappa shape index (κ1) is 16.6. The number of aromatic nitrogens is 2. The van der Waals surface area contributed by atoms with Crippen LogP contribution in [0.25, 0.3) is 23.5 Å². The highest BCUT2D eigenvalue weighted by molar-refractivity contribution is 5.68. The van der Waals surface area contributed by atoms with Crippen LogP contribution in [0.4, 0.5) is 0 Å². The molecule has 0 aliphatic heterocycles. The summed E-state index contributed by atoms with van der Waals surface area (Å²) >= 11 is 0. The van der Waals surface area contributed by atoms with Crippen LogP contribution in [0.3, 0.4) is 0 Å². The van der Waals surface area contributed by atoms with E-state index in [1.165, 1.54) is 0 Å². The van der Waals surface area contributed by atoms with Crippen molar-refractivity contribution in [3.8, 4) is 28.6 Å². The second kappa shape index (κ2) is 7.53. The molecule has 1 heterocycles. The molecule has 25 heavy (non-hydrogen) atoms. The molecule has 0 radical (unpaired) electrons. The van der Waals surface area contributed by atoms with Gasteiger partial charge in [-0.2, -0.15) is 4.98 Å². The van der Waals surface area contributed by atoms with Gasteiger partial charge >= 0.3 is 0 Å². The smallest absolute Gasteiger partial charge is 0.250 e. The zero-order valence-electron chi connectivity index (χ0n) is 14.2. The van der Waals surface area contributed by atoms with Gasteiger partial charge in [0.15, 0.2) is 11.5 Å². The Balaban J connectivity index is 1.77. The predicted octanol–water partition coefficient (Wildman–Crippen LogP) is 3.93. The predicted molar refractivity (Wildman–Crippen MR) is 94.8 cm³/mol. The Morgan fingerprint density at radius 3 is 2.28 bits per heavy atom. The van der Waals surface area contributed by atoms with E-state index in [2.05, 4.69) is 10.1 Å². The van der Waals surface area contributed by atoms with Gasteiger partial charge in [-0.15, -0.1) is 0 Å². The number of methoxy groups -OCH3 is 3. The third-order valence-corrected chi connectivity index (χ3v) is 3.62. The molecule has 128 valence electrons. The molecular formula is C19H18N2O4. The lowest BCUT2D eigenvalue weighted by atomic mass is 10.2. The number of nitrogens with zero attached hydrogens (tertiary/aromatic N) is 2. The molecule has 2 aromatic carbocycles. The lowest BCUT2D eigenvalue weighted by Gasteiger charge is -2.07. The average Bonchev–Trinajstić information content (AvgIpc) is 3.15. The Morgan fingerprint density at radius 1 is 0.840 bits per heavy atom. The monoisotopic (exact) mass is 338 g/mol. The first-order chi connectivity index (χ1) is 12.2. The second-order valence-electron chi connectivity index (χ2n) is 5.13. The highest BCUT2D eigenvalue weighted by atomic mass is 16.5. The summed E-state index contributed by atoms with van der Waals surface area (Å²) < 4.78 is 20.9. The van der Waals surface area contributed by atoms with Crippen LogP contribution in [-0.2, 0) is 0 Å². The van der Waals surface area contributed by atoms with Crippen LogP contribution < -0.4 is 14.2 Å². The average molecular weight is 338 g/mol. The molecule has 0 fully saturated rings. The minimum Gasteiger partial charge on any atom is -0.497 e. The Labute approximate surface area is 145 Å². The molecule has 0 atom stereocenters. The van der Waals surface area contributed by atoms with Crippen molar-refractivity contribution in [2.45, 2.75) is 0 Å². The molecule has 3 rings (SSSR count). The maximum Gasteiger partial charge on any atom is 0.250 e. The van der Waals surface area contributed by atoms with Gasteiger partial charge in [0.2, 0.25) is 5.82 Å². The molecule has 1 aromatic heterocycles. The molecule has 3 aromatic rings. The van der Waals surface area contributed by atoms with Gasteiger partial charge in [-0.05, 0) is 48.0 Å². The van der Waals surface area contributed by atoms with Crippen LogP contribution >= 0.6 is 0 Å². The van der Waals surface area contributed by atoms with E-state index in [0.29, 0.717) is 23.2 Å². The molecule has 6 nitrogen and oxygen atoms in total. The van der Waals surface area contributed by atoms with Crippen molar-refractivity contribution in [1.29, 1.82) is 0 Å². The van der Waals surface area contributed by atoms with E-state index >= 15 is 0 Å². The SMILES string of the molecule is COc1ccc(-c2noc(/C=C/c3ccc(OC)c(OC)c3)n2)cc1. The highest BCUT2D eigenvalue weighted by Gasteiger charge is 2.07. The fourth-order valence-corrected chi connectivity index (χ4v) is 2.28. The number of hydrogen-bond donors (Lipinski definition) is 0. The van der Waals surface area contributed by atoms with Gasteiger partial charge in [-0.25, -0.2) is 0 Å². The van der Waals surface area contributed by atoms with Crippen LogP contribution in [-0.4, -0.2) is 31.5 Å². The number of hydrogen-bond acceptors (Lipinski definition) is 6. The van der Waals surface area contributed by atoms with E-state index in [9.17, 15) is 0 Å². The van der Waals surface area contributed by atoms with Crippen molar-refractivity contribution >= 4 is 12.2 Å². The maximum absolute atomic E-state index is 5.29. The molecule has 0 amide bonds. The second-order valence-corrected chi connectivity index (χ2v) is 5.13. The summed E-state index contributed by atoms with van der Waals surface area (Å²) in [5, 5.41) is 3.99. The molecule has 0 saturated carbocycles. The minimum absolute atomic E-state index is 0.417. The standard InChI is InChI=1S/C19H18N2O4/c1-22-15-8-6-14(7-9-15)19-20-18(25-21-19)11-5-13-4-10-16(23-2)17(12-13)24-3/h4-12H,1-3H3/b11-5+. The van der Waals surface area contributed by atoms with E-state index in [4.69, 9.17) is 18.7 Å². The number of benzene rings is 2. The van der Waals surface area contributed by atoms with E-state index in [0.717, 1.165) is 16.9 Å². The van der Waals surface area contributed by atoms with E-state index in [1.54, 1.807) is 27.4 Å². The zero-order chi connectivity index (χ0) is 17.6. The van der Waals surface area contributed by atoms with Crippen molar-refractivity contribution < 1.29 is 18.7 Å². The summed E-state index contributed by atoms with van der Waals surface area (Å²) in [5.74, 6) is 3.06. The van der Waals surface area contributed by atoms with E-state index in [-0.39, 0.29) is 0 Å². The van der Waals surface area contributed by atoms with Gasteiger partial charge in [0.25, 0.3) is 5.89 Å². The largest absolute Gasteiger partial charge is 0.497 e. The van der Waals surface area contributed by atoms with E-state index in [1.807, 2.05) is 48.5 Å². The molecule has 0 N–H and O–H groups in total. The summed E-state index contributed by atoms with van der Waals surface area (Å²) in [7, 11) is 4.83. The molecule has 0 spiro atoms. The lowest BCUT2D eigenvalue weighted by Crippen LogP contribution is -1.90. The van der Waals surface area contributed by atoms with Crippen LogP contribution in [0, 0.1) is 0 Å².